The number of carbonyl (C=O) groups excluding carboxylic acids is 1. The lowest BCUT2D eigenvalue weighted by Crippen LogP contribution is -2.20. The lowest BCUT2D eigenvalue weighted by atomic mass is 10.1. The Balaban J connectivity index is 1.62. The second kappa shape index (κ2) is 7.25. The number of hydrogen-bond acceptors (Lipinski definition) is 5. The molecule has 0 fully saturated rings. The van der Waals surface area contributed by atoms with Crippen LogP contribution in [0.3, 0.4) is 0 Å². The highest BCUT2D eigenvalue weighted by Gasteiger charge is 2.16. The van der Waals surface area contributed by atoms with Gasteiger partial charge in [-0.2, -0.15) is 0 Å². The molecule has 2 aromatic carbocycles. The number of nitrogens with zero attached hydrogens (tertiary/aromatic N) is 1. The van der Waals surface area contributed by atoms with E-state index in [0.717, 1.165) is 16.5 Å². The number of benzene rings is 2. The summed E-state index contributed by atoms with van der Waals surface area (Å²) in [6.07, 6.45) is -1.19. The van der Waals surface area contributed by atoms with Crippen LogP contribution in [0.15, 0.2) is 60.0 Å². The number of hydrogen-bond donors (Lipinski definition) is 3. The Bertz CT molecular complexity index is 816. The number of carbonyl (C=O) groups is 1. The third-order valence-electron chi connectivity index (χ3n) is 3.39. The Morgan fingerprint density at radius 1 is 1.08 bits per heavy atom. The van der Waals surface area contributed by atoms with E-state index in [0.29, 0.717) is 11.3 Å². The molecule has 0 spiro atoms. The van der Waals surface area contributed by atoms with Crippen LogP contribution in [-0.4, -0.2) is 16.0 Å². The molecule has 0 aliphatic heterocycles. The van der Waals surface area contributed by atoms with Gasteiger partial charge in [0.25, 0.3) is 5.91 Å². The number of nitrogens with one attached hydrogen (secondary N) is 2. The summed E-state index contributed by atoms with van der Waals surface area (Å²) in [6.45, 7) is 1.94. The highest BCUT2D eigenvalue weighted by molar-refractivity contribution is 7.13. The zero-order chi connectivity index (χ0) is 16.9. The molecule has 0 saturated carbocycles. The molecule has 3 rings (SSSR count). The SMILES string of the molecule is Cc1csc(Nc2ccc(NC(=O)C(O)c3ccccc3)cc2)n1. The van der Waals surface area contributed by atoms with Gasteiger partial charge in [-0.15, -0.1) is 11.3 Å². The zero-order valence-electron chi connectivity index (χ0n) is 13.1. The summed E-state index contributed by atoms with van der Waals surface area (Å²) in [5, 5.41) is 18.8. The predicted octanol–water partition coefficient (Wildman–Crippen LogP) is 3.87. The molecule has 1 unspecified atom stereocenters. The minimum Gasteiger partial charge on any atom is -0.378 e. The van der Waals surface area contributed by atoms with Crippen molar-refractivity contribution in [2.45, 2.75) is 13.0 Å². The first kappa shape index (κ1) is 16.2. The van der Waals surface area contributed by atoms with E-state index in [1.165, 1.54) is 11.3 Å². The molecule has 0 aliphatic rings. The van der Waals surface area contributed by atoms with Crippen LogP contribution in [0.25, 0.3) is 0 Å². The average molecular weight is 339 g/mol. The first-order chi connectivity index (χ1) is 11.6. The molecule has 3 aromatic rings. The summed E-state index contributed by atoms with van der Waals surface area (Å²) in [4.78, 5) is 16.4. The second-order valence-corrected chi connectivity index (χ2v) is 6.16. The fourth-order valence-corrected chi connectivity index (χ4v) is 2.88. The molecule has 0 radical (unpaired) electrons. The van der Waals surface area contributed by atoms with Crippen LogP contribution in [0.5, 0.6) is 0 Å². The standard InChI is InChI=1S/C18H17N3O2S/c1-12-11-24-18(19-12)21-15-9-7-14(8-10-15)20-17(23)16(22)13-5-3-2-4-6-13/h2-11,16,22H,1H3,(H,19,21)(H,20,23). The van der Waals surface area contributed by atoms with Crippen LogP contribution in [0.1, 0.15) is 17.4 Å². The summed E-state index contributed by atoms with van der Waals surface area (Å²) < 4.78 is 0. The topological polar surface area (TPSA) is 74.2 Å². The molecule has 3 N–H and O–H groups in total. The van der Waals surface area contributed by atoms with E-state index in [-0.39, 0.29) is 0 Å². The molecule has 6 heteroatoms. The molecule has 0 saturated heterocycles. The fourth-order valence-electron chi connectivity index (χ4n) is 2.17. The van der Waals surface area contributed by atoms with Gasteiger partial charge >= 0.3 is 0 Å². The molecule has 1 aromatic heterocycles. The Morgan fingerprint density at radius 3 is 2.38 bits per heavy atom. The van der Waals surface area contributed by atoms with Crippen LogP contribution in [0.2, 0.25) is 0 Å². The largest absolute Gasteiger partial charge is 0.378 e. The van der Waals surface area contributed by atoms with Crippen molar-refractivity contribution in [1.82, 2.24) is 4.98 Å². The van der Waals surface area contributed by atoms with E-state index >= 15 is 0 Å². The maximum absolute atomic E-state index is 12.1. The van der Waals surface area contributed by atoms with Gasteiger partial charge in [-0.05, 0) is 36.8 Å². The number of rotatable bonds is 5. The zero-order valence-corrected chi connectivity index (χ0v) is 13.9. The van der Waals surface area contributed by atoms with Crippen molar-refractivity contribution in [2.24, 2.45) is 0 Å². The summed E-state index contributed by atoms with van der Waals surface area (Å²) in [7, 11) is 0. The fraction of sp³-hybridized carbons (Fsp3) is 0.111. The van der Waals surface area contributed by atoms with Gasteiger partial charge in [-0.25, -0.2) is 4.98 Å². The average Bonchev–Trinajstić information content (AvgIpc) is 3.01. The minimum atomic E-state index is -1.19. The van der Waals surface area contributed by atoms with Crippen LogP contribution in [0.4, 0.5) is 16.5 Å². The van der Waals surface area contributed by atoms with Crippen molar-refractivity contribution in [3.8, 4) is 0 Å². The molecule has 122 valence electrons. The van der Waals surface area contributed by atoms with Gasteiger partial charge in [-0.3, -0.25) is 4.79 Å². The molecule has 1 amide bonds. The van der Waals surface area contributed by atoms with E-state index in [9.17, 15) is 9.90 Å². The van der Waals surface area contributed by atoms with Crippen molar-refractivity contribution >= 4 is 33.8 Å². The van der Waals surface area contributed by atoms with Gasteiger partial charge in [0, 0.05) is 16.8 Å². The highest BCUT2D eigenvalue weighted by atomic mass is 32.1. The van der Waals surface area contributed by atoms with Crippen LogP contribution in [-0.2, 0) is 4.79 Å². The molecule has 1 atom stereocenters. The molecular formula is C18H17N3O2S. The van der Waals surface area contributed by atoms with Crippen molar-refractivity contribution in [3.63, 3.8) is 0 Å². The van der Waals surface area contributed by atoms with E-state index in [1.807, 2.05) is 30.5 Å². The maximum atomic E-state index is 12.1. The van der Waals surface area contributed by atoms with Crippen molar-refractivity contribution in [2.75, 3.05) is 10.6 Å². The van der Waals surface area contributed by atoms with Gasteiger partial charge in [0.1, 0.15) is 0 Å². The molecular weight excluding hydrogens is 322 g/mol. The normalized spacial score (nSPS) is 11.8. The summed E-state index contributed by atoms with van der Waals surface area (Å²) in [5.41, 5.74) is 3.04. The van der Waals surface area contributed by atoms with E-state index in [2.05, 4.69) is 15.6 Å². The minimum absolute atomic E-state index is 0.461. The lowest BCUT2D eigenvalue weighted by molar-refractivity contribution is -0.124. The van der Waals surface area contributed by atoms with Gasteiger partial charge in [0.05, 0.1) is 5.69 Å². The van der Waals surface area contributed by atoms with Crippen LogP contribution >= 0.6 is 11.3 Å². The van der Waals surface area contributed by atoms with Gasteiger partial charge < -0.3 is 15.7 Å². The Hall–Kier alpha value is -2.70. The number of aromatic nitrogens is 1. The predicted molar refractivity (Wildman–Crippen MR) is 96.6 cm³/mol. The van der Waals surface area contributed by atoms with Gasteiger partial charge in [0.2, 0.25) is 0 Å². The highest BCUT2D eigenvalue weighted by Crippen LogP contribution is 2.22. The van der Waals surface area contributed by atoms with E-state index < -0.39 is 12.0 Å². The second-order valence-electron chi connectivity index (χ2n) is 5.30. The Labute approximate surface area is 144 Å². The van der Waals surface area contributed by atoms with Crippen molar-refractivity contribution < 1.29 is 9.90 Å². The van der Waals surface area contributed by atoms with Gasteiger partial charge in [0.15, 0.2) is 11.2 Å². The summed E-state index contributed by atoms with van der Waals surface area (Å²) >= 11 is 1.54. The smallest absolute Gasteiger partial charge is 0.257 e. The first-order valence-corrected chi connectivity index (χ1v) is 8.33. The lowest BCUT2D eigenvalue weighted by Gasteiger charge is -2.12. The van der Waals surface area contributed by atoms with Crippen LogP contribution < -0.4 is 10.6 Å². The van der Waals surface area contributed by atoms with E-state index in [4.69, 9.17) is 0 Å². The Kier molecular flexibility index (Phi) is 4.88. The summed E-state index contributed by atoms with van der Waals surface area (Å²) in [6, 6.07) is 16.1. The Morgan fingerprint density at radius 2 is 1.75 bits per heavy atom. The number of amides is 1. The quantitative estimate of drug-likeness (QED) is 0.660. The number of aliphatic hydroxyl groups is 1. The monoisotopic (exact) mass is 339 g/mol. The van der Waals surface area contributed by atoms with Crippen LogP contribution in [0, 0.1) is 6.92 Å². The number of aliphatic hydroxyl groups excluding tert-OH is 1. The number of anilines is 3. The first-order valence-electron chi connectivity index (χ1n) is 7.45. The maximum Gasteiger partial charge on any atom is 0.257 e. The van der Waals surface area contributed by atoms with Crippen molar-refractivity contribution in [3.05, 3.63) is 71.2 Å². The molecule has 1 heterocycles. The van der Waals surface area contributed by atoms with Gasteiger partial charge in [-0.1, -0.05) is 30.3 Å². The number of thiazole rings is 1. The van der Waals surface area contributed by atoms with E-state index in [1.54, 1.807) is 36.4 Å². The molecule has 24 heavy (non-hydrogen) atoms. The summed E-state index contributed by atoms with van der Waals surface area (Å²) in [5.74, 6) is -0.461. The van der Waals surface area contributed by atoms with Crippen molar-refractivity contribution in [1.29, 1.82) is 0 Å². The molecule has 5 nitrogen and oxygen atoms in total. The third kappa shape index (κ3) is 3.98. The third-order valence-corrected chi connectivity index (χ3v) is 4.26. The number of aryl methyl sites for hydroxylation is 1. The molecule has 0 aliphatic carbocycles. The molecule has 0 bridgehead atoms.